The number of nitrogens with one attached hydrogen (secondary N) is 1. The van der Waals surface area contributed by atoms with E-state index in [0.717, 1.165) is 59.6 Å². The molecule has 2 amide bonds. The third-order valence-corrected chi connectivity index (χ3v) is 7.66. The predicted molar refractivity (Wildman–Crippen MR) is 149 cm³/mol. The summed E-state index contributed by atoms with van der Waals surface area (Å²) in [5.74, 6) is 0.476. The van der Waals surface area contributed by atoms with Gasteiger partial charge in [-0.2, -0.15) is 5.10 Å². The summed E-state index contributed by atoms with van der Waals surface area (Å²) >= 11 is 0. The van der Waals surface area contributed by atoms with E-state index in [0.29, 0.717) is 30.1 Å². The fraction of sp³-hybridized carbons (Fsp3) is 0.433. The fourth-order valence-corrected chi connectivity index (χ4v) is 5.05. The van der Waals surface area contributed by atoms with Crippen LogP contribution in [0.3, 0.4) is 0 Å². The van der Waals surface area contributed by atoms with Gasteiger partial charge in [-0.15, -0.1) is 0 Å². The summed E-state index contributed by atoms with van der Waals surface area (Å²) < 4.78 is 7.57. The minimum atomic E-state index is -0.342. The van der Waals surface area contributed by atoms with E-state index >= 15 is 0 Å². The van der Waals surface area contributed by atoms with Crippen molar-refractivity contribution in [2.24, 2.45) is 0 Å². The van der Waals surface area contributed by atoms with Crippen molar-refractivity contribution in [1.29, 1.82) is 0 Å². The molecular weight excluding hydrogens is 478 g/mol. The number of ether oxygens (including phenoxy) is 1. The van der Waals surface area contributed by atoms with Crippen molar-refractivity contribution < 1.29 is 14.3 Å². The number of rotatable bonds is 6. The number of likely N-dealkylation sites (tertiary alicyclic amines) is 1. The summed E-state index contributed by atoms with van der Waals surface area (Å²) in [4.78, 5) is 30.4. The van der Waals surface area contributed by atoms with Gasteiger partial charge in [0.05, 0.1) is 30.7 Å². The molecule has 0 spiro atoms. The highest BCUT2D eigenvalue weighted by molar-refractivity contribution is 5.98. The molecule has 2 aromatic carbocycles. The summed E-state index contributed by atoms with van der Waals surface area (Å²) in [6.07, 6.45) is 2.57. The molecule has 8 heteroatoms. The maximum atomic E-state index is 13.7. The predicted octanol–water partition coefficient (Wildman–Crippen LogP) is 4.47. The minimum absolute atomic E-state index is 0.0613. The zero-order valence-corrected chi connectivity index (χ0v) is 23.2. The summed E-state index contributed by atoms with van der Waals surface area (Å²) in [7, 11) is 3.45. The van der Waals surface area contributed by atoms with Crippen LogP contribution in [0.5, 0.6) is 5.75 Å². The van der Waals surface area contributed by atoms with Gasteiger partial charge >= 0.3 is 0 Å². The first-order valence-corrected chi connectivity index (χ1v) is 13.3. The van der Waals surface area contributed by atoms with Gasteiger partial charge in [0, 0.05) is 23.7 Å². The number of fused-ring (bicyclic) bond motifs is 3. The number of aromatic nitrogens is 2. The number of hydrogen-bond acceptors (Lipinski definition) is 5. The molecule has 1 aromatic heterocycles. The lowest BCUT2D eigenvalue weighted by atomic mass is 9.87. The zero-order chi connectivity index (χ0) is 27.2. The molecule has 0 unspecified atom stereocenters. The standard InChI is InChI=1S/C30H37N5O3/c1-19-9-7-10-21(15-19)35-28-22(27(32-35)29(37)33(5)30(2,3)4)12-11-20-16-25(38-6)24(17-23(20)28)31-26(36)18-34-13-8-14-34/h7,9-10,15-17H,8,11-14,18H2,1-6H3,(H,31,36). The topological polar surface area (TPSA) is 79.7 Å². The first kappa shape index (κ1) is 26.0. The fourth-order valence-electron chi connectivity index (χ4n) is 5.05. The molecule has 0 atom stereocenters. The Hall–Kier alpha value is -3.65. The summed E-state index contributed by atoms with van der Waals surface area (Å²) in [5, 5.41) is 8.00. The summed E-state index contributed by atoms with van der Waals surface area (Å²) in [6.45, 7) is 10.4. The van der Waals surface area contributed by atoms with Crippen LogP contribution in [0.4, 0.5) is 5.69 Å². The van der Waals surface area contributed by atoms with Gasteiger partial charge in [0.1, 0.15) is 5.75 Å². The lowest BCUT2D eigenvalue weighted by Crippen LogP contribution is -2.43. The third-order valence-electron chi connectivity index (χ3n) is 7.66. The normalized spacial score (nSPS) is 14.8. The van der Waals surface area contributed by atoms with E-state index in [1.54, 1.807) is 12.0 Å². The van der Waals surface area contributed by atoms with Gasteiger partial charge in [0.15, 0.2) is 5.69 Å². The Morgan fingerprint density at radius 3 is 2.53 bits per heavy atom. The summed E-state index contributed by atoms with van der Waals surface area (Å²) in [6, 6.07) is 12.1. The number of methoxy groups -OCH3 is 1. The van der Waals surface area contributed by atoms with Gasteiger partial charge in [0.2, 0.25) is 5.91 Å². The molecule has 1 aliphatic carbocycles. The van der Waals surface area contributed by atoms with E-state index in [1.165, 1.54) is 0 Å². The molecule has 2 aliphatic rings. The zero-order valence-electron chi connectivity index (χ0n) is 23.2. The number of anilines is 1. The number of nitrogens with zero attached hydrogens (tertiary/aromatic N) is 4. The molecule has 5 rings (SSSR count). The molecule has 1 saturated heterocycles. The van der Waals surface area contributed by atoms with E-state index in [4.69, 9.17) is 9.84 Å². The van der Waals surface area contributed by atoms with Gasteiger partial charge in [0.25, 0.3) is 5.91 Å². The van der Waals surface area contributed by atoms with E-state index in [-0.39, 0.29) is 17.4 Å². The Morgan fingerprint density at radius 2 is 1.89 bits per heavy atom. The summed E-state index contributed by atoms with van der Waals surface area (Å²) in [5.41, 5.74) is 6.65. The molecule has 0 saturated carbocycles. The SMILES string of the molecule is COc1cc2c(cc1NC(=O)CN1CCC1)-c1c(c(C(=O)N(C)C(C)(C)C)nn1-c1cccc(C)c1)CC2. The molecule has 1 fully saturated rings. The van der Waals surface area contributed by atoms with Crippen LogP contribution in [0.1, 0.15) is 54.4 Å². The van der Waals surface area contributed by atoms with Crippen LogP contribution in [0.25, 0.3) is 16.9 Å². The van der Waals surface area contributed by atoms with Crippen LogP contribution in [-0.4, -0.2) is 70.7 Å². The van der Waals surface area contributed by atoms with Gasteiger partial charge in [-0.3, -0.25) is 14.5 Å². The molecule has 0 radical (unpaired) electrons. The molecule has 8 nitrogen and oxygen atoms in total. The van der Waals surface area contributed by atoms with Crippen molar-refractivity contribution in [2.75, 3.05) is 39.1 Å². The average Bonchev–Trinajstić information content (AvgIpc) is 3.24. The van der Waals surface area contributed by atoms with Crippen molar-refractivity contribution in [1.82, 2.24) is 19.6 Å². The van der Waals surface area contributed by atoms with Crippen molar-refractivity contribution in [3.63, 3.8) is 0 Å². The lowest BCUT2D eigenvalue weighted by molar-refractivity contribution is -0.118. The molecule has 3 aromatic rings. The number of aryl methyl sites for hydroxylation is 2. The molecule has 2 heterocycles. The second-order valence-corrected chi connectivity index (χ2v) is 11.3. The average molecular weight is 516 g/mol. The Labute approximate surface area is 224 Å². The Balaban J connectivity index is 1.64. The van der Waals surface area contributed by atoms with E-state index in [2.05, 4.69) is 16.3 Å². The number of carbonyl (C=O) groups is 2. The quantitative estimate of drug-likeness (QED) is 0.524. The first-order valence-electron chi connectivity index (χ1n) is 13.3. The molecular formula is C30H37N5O3. The van der Waals surface area contributed by atoms with Crippen molar-refractivity contribution in [2.45, 2.75) is 52.5 Å². The maximum Gasteiger partial charge on any atom is 0.274 e. The van der Waals surface area contributed by atoms with Crippen LogP contribution in [0.2, 0.25) is 0 Å². The highest BCUT2D eigenvalue weighted by Crippen LogP contribution is 2.42. The van der Waals surface area contributed by atoms with Crippen molar-refractivity contribution in [3.05, 3.63) is 58.8 Å². The monoisotopic (exact) mass is 515 g/mol. The number of benzene rings is 2. The van der Waals surface area contributed by atoms with Crippen molar-refractivity contribution in [3.8, 4) is 22.7 Å². The smallest absolute Gasteiger partial charge is 0.274 e. The number of carbonyl (C=O) groups excluding carboxylic acids is 2. The van der Waals surface area contributed by atoms with Crippen LogP contribution < -0.4 is 10.1 Å². The second kappa shape index (κ2) is 9.91. The van der Waals surface area contributed by atoms with Gasteiger partial charge in [-0.05, 0) is 95.4 Å². The van der Waals surface area contributed by atoms with Gasteiger partial charge in [-0.25, -0.2) is 4.68 Å². The Kier molecular flexibility index (Phi) is 6.77. The van der Waals surface area contributed by atoms with Crippen LogP contribution in [0, 0.1) is 6.92 Å². The van der Waals surface area contributed by atoms with Crippen LogP contribution >= 0.6 is 0 Å². The number of amides is 2. The van der Waals surface area contributed by atoms with Gasteiger partial charge in [-0.1, -0.05) is 12.1 Å². The van der Waals surface area contributed by atoms with E-state index in [9.17, 15) is 9.59 Å². The molecule has 0 bridgehead atoms. The first-order chi connectivity index (χ1) is 18.1. The molecule has 1 aliphatic heterocycles. The Bertz CT molecular complexity index is 1400. The van der Waals surface area contributed by atoms with E-state index in [1.807, 2.05) is 69.8 Å². The molecule has 38 heavy (non-hydrogen) atoms. The highest BCUT2D eigenvalue weighted by Gasteiger charge is 2.34. The largest absolute Gasteiger partial charge is 0.495 e. The number of hydrogen-bond donors (Lipinski definition) is 1. The third kappa shape index (κ3) is 4.80. The minimum Gasteiger partial charge on any atom is -0.495 e. The van der Waals surface area contributed by atoms with Crippen LogP contribution in [0.15, 0.2) is 36.4 Å². The second-order valence-electron chi connectivity index (χ2n) is 11.3. The van der Waals surface area contributed by atoms with Crippen LogP contribution in [-0.2, 0) is 17.6 Å². The highest BCUT2D eigenvalue weighted by atomic mass is 16.5. The molecule has 200 valence electrons. The van der Waals surface area contributed by atoms with Gasteiger partial charge < -0.3 is 15.0 Å². The van der Waals surface area contributed by atoms with E-state index < -0.39 is 0 Å². The Morgan fingerprint density at radius 1 is 1.13 bits per heavy atom. The molecule has 1 N–H and O–H groups in total. The maximum absolute atomic E-state index is 13.7. The lowest BCUT2D eigenvalue weighted by Gasteiger charge is -2.31. The van der Waals surface area contributed by atoms with Crippen molar-refractivity contribution >= 4 is 17.5 Å².